The lowest BCUT2D eigenvalue weighted by Crippen LogP contribution is -2.52. The molecule has 0 saturated heterocycles. The van der Waals surface area contributed by atoms with Gasteiger partial charge < -0.3 is 14.8 Å². The third-order valence-electron chi connectivity index (χ3n) is 3.67. The van der Waals surface area contributed by atoms with E-state index in [0.29, 0.717) is 17.5 Å². The van der Waals surface area contributed by atoms with Crippen molar-refractivity contribution in [2.45, 2.75) is 32.7 Å². The van der Waals surface area contributed by atoms with Crippen LogP contribution in [0.25, 0.3) is 0 Å². The van der Waals surface area contributed by atoms with Crippen LogP contribution < -0.4 is 5.11 Å². The summed E-state index contributed by atoms with van der Waals surface area (Å²) in [5.74, 6) is -0.646. The lowest BCUT2D eigenvalue weighted by molar-refractivity contribution is -0.270. The summed E-state index contributed by atoms with van der Waals surface area (Å²) >= 11 is 0. The number of nitrogens with zero attached hydrogens (tertiary/aromatic N) is 2. The second-order valence-electron chi connectivity index (χ2n) is 6.25. The minimum Gasteiger partial charge on any atom is -0.530 e. The first-order valence-electron chi connectivity index (χ1n) is 7.17. The van der Waals surface area contributed by atoms with Gasteiger partial charge in [0.25, 0.3) is 11.8 Å². The summed E-state index contributed by atoms with van der Waals surface area (Å²) in [5.41, 5.74) is 0.223. The van der Waals surface area contributed by atoms with E-state index in [1.807, 2.05) is 0 Å². The number of amides is 3. The molecule has 1 aliphatic heterocycles. The largest absolute Gasteiger partial charge is 0.530 e. The van der Waals surface area contributed by atoms with Crippen LogP contribution in [0.5, 0.6) is 0 Å². The fourth-order valence-corrected chi connectivity index (χ4v) is 2.53. The smallest absolute Gasteiger partial charge is 0.261 e. The van der Waals surface area contributed by atoms with E-state index in [4.69, 9.17) is 0 Å². The second-order valence-corrected chi connectivity index (χ2v) is 6.25. The summed E-state index contributed by atoms with van der Waals surface area (Å²) in [4.78, 5) is 37.9. The zero-order valence-electron chi connectivity index (χ0n) is 13.0. The zero-order valence-corrected chi connectivity index (χ0v) is 13.0. The first-order chi connectivity index (χ1) is 10.2. The highest BCUT2D eigenvalue weighted by molar-refractivity contribution is 6.21. The number of hydrogen-bond donors (Lipinski definition) is 0. The lowest BCUT2D eigenvalue weighted by atomic mass is 10.1. The summed E-state index contributed by atoms with van der Waals surface area (Å²) in [6, 6.07) is 6.67. The molecule has 3 amide bonds. The molecule has 1 heterocycles. The van der Waals surface area contributed by atoms with E-state index in [9.17, 15) is 19.5 Å². The van der Waals surface area contributed by atoms with Crippen molar-refractivity contribution < 1.29 is 19.5 Å². The molecule has 0 unspecified atom stereocenters. The van der Waals surface area contributed by atoms with E-state index >= 15 is 0 Å². The number of carbonyl (C=O) groups excluding carboxylic acids is 3. The van der Waals surface area contributed by atoms with Gasteiger partial charge >= 0.3 is 0 Å². The highest BCUT2D eigenvalue weighted by atomic mass is 16.4. The molecule has 22 heavy (non-hydrogen) atoms. The third kappa shape index (κ3) is 2.95. The molecule has 0 aromatic heterocycles. The van der Waals surface area contributed by atoms with Crippen LogP contribution in [0, 0.1) is 0 Å². The molecule has 0 saturated carbocycles. The Kier molecular flexibility index (Phi) is 4.21. The molecule has 1 aliphatic rings. The summed E-state index contributed by atoms with van der Waals surface area (Å²) in [5, 5.41) is 11.1. The lowest BCUT2D eigenvalue weighted by Gasteiger charge is -2.38. The van der Waals surface area contributed by atoms with Gasteiger partial charge in [0.05, 0.1) is 11.1 Å². The minimum absolute atomic E-state index is 0.187. The molecule has 6 heteroatoms. The van der Waals surface area contributed by atoms with Crippen molar-refractivity contribution in [2.75, 3.05) is 13.1 Å². The molecule has 2 rings (SSSR count). The molecule has 1 aromatic rings. The van der Waals surface area contributed by atoms with E-state index < -0.39 is 11.6 Å². The Balaban J connectivity index is 2.01. The normalized spacial score (nSPS) is 14.2. The standard InChI is InChI=1S/C16H20N2O4/c1-16(2,3)18(15(21)22)10-6-9-17-13(19)11-7-4-5-8-12(11)14(17)20/h4-5,7-8H,6,9-10H2,1-3H3,(H,21,22)/p-1. The van der Waals surface area contributed by atoms with Crippen LogP contribution in [0.3, 0.4) is 0 Å². The van der Waals surface area contributed by atoms with Gasteiger partial charge in [0.15, 0.2) is 0 Å². The summed E-state index contributed by atoms with van der Waals surface area (Å²) < 4.78 is 0. The topological polar surface area (TPSA) is 80.8 Å². The molecular formula is C16H19N2O4-. The molecular weight excluding hydrogens is 284 g/mol. The summed E-state index contributed by atoms with van der Waals surface area (Å²) in [6.45, 7) is 5.70. The van der Waals surface area contributed by atoms with Gasteiger partial charge in [-0.2, -0.15) is 0 Å². The predicted molar refractivity (Wildman–Crippen MR) is 78.3 cm³/mol. The maximum absolute atomic E-state index is 12.2. The van der Waals surface area contributed by atoms with Crippen molar-refractivity contribution in [1.29, 1.82) is 0 Å². The van der Waals surface area contributed by atoms with Crippen molar-refractivity contribution in [3.05, 3.63) is 35.4 Å². The average Bonchev–Trinajstić information content (AvgIpc) is 2.66. The fraction of sp³-hybridized carbons (Fsp3) is 0.438. The Morgan fingerprint density at radius 2 is 1.64 bits per heavy atom. The molecule has 118 valence electrons. The van der Waals surface area contributed by atoms with Crippen molar-refractivity contribution in [1.82, 2.24) is 9.80 Å². The quantitative estimate of drug-likeness (QED) is 0.781. The molecule has 6 nitrogen and oxygen atoms in total. The highest BCUT2D eigenvalue weighted by Crippen LogP contribution is 2.22. The Labute approximate surface area is 129 Å². The number of carbonyl (C=O) groups is 3. The second kappa shape index (κ2) is 5.79. The van der Waals surface area contributed by atoms with E-state index in [1.165, 1.54) is 9.80 Å². The van der Waals surface area contributed by atoms with Gasteiger partial charge in [0, 0.05) is 18.6 Å². The van der Waals surface area contributed by atoms with Gasteiger partial charge in [-0.05, 0) is 39.3 Å². The minimum atomic E-state index is -1.25. The maximum Gasteiger partial charge on any atom is 0.261 e. The molecule has 0 spiro atoms. The van der Waals surface area contributed by atoms with Gasteiger partial charge in [-0.25, -0.2) is 0 Å². The van der Waals surface area contributed by atoms with E-state index in [0.717, 1.165) is 0 Å². The molecule has 0 atom stereocenters. The number of carboxylic acid groups (broad SMARTS) is 1. The molecule has 0 aliphatic carbocycles. The van der Waals surface area contributed by atoms with Gasteiger partial charge in [-0.1, -0.05) is 12.1 Å². The van der Waals surface area contributed by atoms with Crippen LogP contribution in [0.15, 0.2) is 24.3 Å². The van der Waals surface area contributed by atoms with Crippen LogP contribution in [0.4, 0.5) is 4.79 Å². The number of rotatable bonds is 4. The molecule has 0 N–H and O–H groups in total. The van der Waals surface area contributed by atoms with Gasteiger partial charge in [0.1, 0.15) is 6.09 Å². The monoisotopic (exact) mass is 303 g/mol. The van der Waals surface area contributed by atoms with Gasteiger partial charge in [-0.3, -0.25) is 14.5 Å². The zero-order chi connectivity index (χ0) is 16.5. The summed E-state index contributed by atoms with van der Waals surface area (Å²) in [7, 11) is 0. The highest BCUT2D eigenvalue weighted by Gasteiger charge is 2.34. The Hall–Kier alpha value is -2.37. The van der Waals surface area contributed by atoms with E-state index in [2.05, 4.69) is 0 Å². The molecule has 0 bridgehead atoms. The SMILES string of the molecule is CC(C)(C)N(CCCN1C(=O)c2ccccc2C1=O)C(=O)[O-]. The molecule has 0 radical (unpaired) electrons. The Morgan fingerprint density at radius 3 is 2.05 bits per heavy atom. The van der Waals surface area contributed by atoms with Crippen molar-refractivity contribution in [3.63, 3.8) is 0 Å². The van der Waals surface area contributed by atoms with Crippen molar-refractivity contribution in [2.24, 2.45) is 0 Å². The number of hydrogen-bond acceptors (Lipinski definition) is 4. The average molecular weight is 303 g/mol. The van der Waals surface area contributed by atoms with Crippen LogP contribution in [-0.2, 0) is 0 Å². The van der Waals surface area contributed by atoms with Crippen molar-refractivity contribution in [3.8, 4) is 0 Å². The Morgan fingerprint density at radius 1 is 1.14 bits per heavy atom. The first kappa shape index (κ1) is 16.0. The van der Waals surface area contributed by atoms with Crippen LogP contribution in [0.1, 0.15) is 47.9 Å². The van der Waals surface area contributed by atoms with Crippen LogP contribution in [-0.4, -0.2) is 46.3 Å². The predicted octanol–water partition coefficient (Wildman–Crippen LogP) is 1.12. The van der Waals surface area contributed by atoms with Gasteiger partial charge in [0.2, 0.25) is 0 Å². The first-order valence-corrected chi connectivity index (χ1v) is 7.17. The van der Waals surface area contributed by atoms with Crippen LogP contribution >= 0.6 is 0 Å². The number of benzene rings is 1. The third-order valence-corrected chi connectivity index (χ3v) is 3.67. The maximum atomic E-state index is 12.2. The van der Waals surface area contributed by atoms with Crippen LogP contribution in [0.2, 0.25) is 0 Å². The van der Waals surface area contributed by atoms with Gasteiger partial charge in [-0.15, -0.1) is 0 Å². The number of fused-ring (bicyclic) bond motifs is 1. The molecule has 1 aromatic carbocycles. The fourth-order valence-electron chi connectivity index (χ4n) is 2.53. The van der Waals surface area contributed by atoms with E-state index in [1.54, 1.807) is 45.0 Å². The van der Waals surface area contributed by atoms with Crippen molar-refractivity contribution >= 4 is 17.9 Å². The molecule has 0 fully saturated rings. The number of imide groups is 1. The Bertz CT molecular complexity index is 584. The summed E-state index contributed by atoms with van der Waals surface area (Å²) in [6.07, 6.45) is -0.883. The van der Waals surface area contributed by atoms with E-state index in [-0.39, 0.29) is 24.9 Å².